The molecular formula is C44H33N5. The highest BCUT2D eigenvalue weighted by atomic mass is 14.9. The molecule has 0 aliphatic carbocycles. The average molecular weight is 632 g/mol. The van der Waals surface area contributed by atoms with Crippen molar-refractivity contribution in [2.45, 2.75) is 6.92 Å². The van der Waals surface area contributed by atoms with Crippen LogP contribution < -0.4 is 0 Å². The van der Waals surface area contributed by atoms with Crippen LogP contribution in [0, 0.1) is 0 Å². The largest absolute Gasteiger partial charge is 0.264 e. The Balaban J connectivity index is 1.38. The molecule has 0 aliphatic heterocycles. The number of hydrogen-bond donors (Lipinski definition) is 0. The number of nitrogens with zero attached hydrogens (tertiary/aromatic N) is 5. The van der Waals surface area contributed by atoms with Crippen LogP contribution in [0.3, 0.4) is 0 Å². The lowest BCUT2D eigenvalue weighted by atomic mass is 9.94. The summed E-state index contributed by atoms with van der Waals surface area (Å²) < 4.78 is 0. The fourth-order valence-electron chi connectivity index (χ4n) is 5.73. The lowest BCUT2D eigenvalue weighted by molar-refractivity contribution is 1.18. The van der Waals surface area contributed by atoms with Crippen molar-refractivity contribution in [3.05, 3.63) is 176 Å². The van der Waals surface area contributed by atoms with E-state index in [-0.39, 0.29) is 0 Å². The second-order valence-corrected chi connectivity index (χ2v) is 11.5. The van der Waals surface area contributed by atoms with E-state index < -0.39 is 0 Å². The van der Waals surface area contributed by atoms with Crippen LogP contribution in [0.25, 0.3) is 67.3 Å². The quantitative estimate of drug-likeness (QED) is 0.124. The summed E-state index contributed by atoms with van der Waals surface area (Å²) in [7, 11) is 0. The van der Waals surface area contributed by atoms with Gasteiger partial charge < -0.3 is 0 Å². The summed E-state index contributed by atoms with van der Waals surface area (Å²) in [5.74, 6) is 1.23. The molecule has 2 aromatic heterocycles. The Hall–Kier alpha value is -6.59. The molecular weight excluding hydrogens is 599 g/mol. The number of rotatable bonds is 8. The zero-order valence-electron chi connectivity index (χ0n) is 27.1. The van der Waals surface area contributed by atoms with Crippen molar-refractivity contribution in [2.75, 3.05) is 0 Å². The molecule has 0 amide bonds. The van der Waals surface area contributed by atoms with Gasteiger partial charge >= 0.3 is 0 Å². The molecule has 0 saturated heterocycles. The molecule has 5 nitrogen and oxygen atoms in total. The first-order chi connectivity index (χ1) is 24.2. The number of pyridine rings is 1. The number of allylic oxidation sites excluding steroid dienone is 1. The van der Waals surface area contributed by atoms with Gasteiger partial charge in [0.2, 0.25) is 0 Å². The average Bonchev–Trinajstić information content (AvgIpc) is 3.19. The van der Waals surface area contributed by atoms with Crippen molar-refractivity contribution < 1.29 is 0 Å². The molecule has 7 rings (SSSR count). The highest BCUT2D eigenvalue weighted by Gasteiger charge is 2.14. The first-order valence-corrected chi connectivity index (χ1v) is 16.1. The minimum atomic E-state index is 0.576. The standard InChI is InChI=1S/C44H33N5/c1-3-24-47-43(45-2)36-22-20-33(21-23-36)39-26-38(32-18-16-31(17-19-32)37-15-10-25-46-30-37)27-40(28-39)44-48-41(34-11-6-4-7-12-34)29-42(49-44)35-13-8-5-9-14-35/h3-30H,2H2,1H3/b24-3-,47-43-. The molecule has 0 atom stereocenters. The van der Waals surface area contributed by atoms with Gasteiger partial charge in [0.1, 0.15) is 0 Å². The van der Waals surface area contributed by atoms with Crippen molar-refractivity contribution in [1.29, 1.82) is 0 Å². The number of aromatic nitrogens is 3. The van der Waals surface area contributed by atoms with Crippen LogP contribution in [0.15, 0.2) is 180 Å². The van der Waals surface area contributed by atoms with Gasteiger partial charge in [-0.05, 0) is 77.4 Å². The SMILES string of the molecule is C=N/C(=N\C=C/C)c1ccc(-c2cc(-c3ccc(-c4cccnc4)cc3)cc(-c3nc(-c4ccccc4)cc(-c4ccccc4)n3)c2)cc1. The van der Waals surface area contributed by atoms with Gasteiger partial charge in [0, 0.05) is 40.8 Å². The Kier molecular flexibility index (Phi) is 9.15. The summed E-state index contributed by atoms with van der Waals surface area (Å²) in [4.78, 5) is 23.1. The summed E-state index contributed by atoms with van der Waals surface area (Å²) in [6, 6.07) is 50.0. The van der Waals surface area contributed by atoms with Crippen LogP contribution in [-0.2, 0) is 0 Å². The van der Waals surface area contributed by atoms with E-state index in [0.29, 0.717) is 11.7 Å². The van der Waals surface area contributed by atoms with Gasteiger partial charge in [0.05, 0.1) is 11.4 Å². The fraction of sp³-hybridized carbons (Fsp3) is 0.0227. The predicted octanol–water partition coefficient (Wildman–Crippen LogP) is 10.9. The number of amidine groups is 1. The molecule has 0 aliphatic rings. The lowest BCUT2D eigenvalue weighted by Crippen LogP contribution is -1.97. The van der Waals surface area contributed by atoms with Crippen LogP contribution >= 0.6 is 0 Å². The van der Waals surface area contributed by atoms with Crippen molar-refractivity contribution in [1.82, 2.24) is 15.0 Å². The van der Waals surface area contributed by atoms with Gasteiger partial charge in [0.25, 0.3) is 0 Å². The number of benzene rings is 5. The first kappa shape index (κ1) is 31.0. The molecule has 49 heavy (non-hydrogen) atoms. The molecule has 0 bridgehead atoms. The maximum absolute atomic E-state index is 5.14. The van der Waals surface area contributed by atoms with Crippen molar-refractivity contribution in [3.8, 4) is 67.3 Å². The van der Waals surface area contributed by atoms with Crippen LogP contribution in [-0.4, -0.2) is 27.5 Å². The van der Waals surface area contributed by atoms with Crippen molar-refractivity contribution >= 4 is 12.6 Å². The summed E-state index contributed by atoms with van der Waals surface area (Å²) >= 11 is 0. The highest BCUT2D eigenvalue weighted by molar-refractivity contribution is 6.02. The van der Waals surface area contributed by atoms with Gasteiger partial charge in [-0.1, -0.05) is 121 Å². The van der Waals surface area contributed by atoms with Gasteiger partial charge in [-0.2, -0.15) is 0 Å². The third-order valence-electron chi connectivity index (χ3n) is 8.24. The second-order valence-electron chi connectivity index (χ2n) is 11.5. The minimum absolute atomic E-state index is 0.576. The highest BCUT2D eigenvalue weighted by Crippen LogP contribution is 2.35. The zero-order chi connectivity index (χ0) is 33.4. The van der Waals surface area contributed by atoms with Gasteiger partial charge in [-0.3, -0.25) is 4.98 Å². The number of hydrogen-bond acceptors (Lipinski definition) is 4. The van der Waals surface area contributed by atoms with E-state index in [1.807, 2.05) is 73.8 Å². The summed E-state index contributed by atoms with van der Waals surface area (Å²) in [6.45, 7) is 5.64. The van der Waals surface area contributed by atoms with Crippen LogP contribution in [0.2, 0.25) is 0 Å². The molecule has 0 spiro atoms. The van der Waals surface area contributed by atoms with Crippen molar-refractivity contribution in [3.63, 3.8) is 0 Å². The summed E-state index contributed by atoms with van der Waals surface area (Å²) in [6.07, 6.45) is 7.27. The summed E-state index contributed by atoms with van der Waals surface area (Å²) in [5, 5.41) is 0. The Morgan fingerprint density at radius 2 is 1.04 bits per heavy atom. The zero-order valence-corrected chi connectivity index (χ0v) is 27.1. The predicted molar refractivity (Wildman–Crippen MR) is 203 cm³/mol. The Morgan fingerprint density at radius 3 is 1.55 bits per heavy atom. The molecule has 5 aromatic carbocycles. The van der Waals surface area contributed by atoms with E-state index in [1.165, 1.54) is 0 Å². The molecule has 2 heterocycles. The van der Waals surface area contributed by atoms with E-state index in [0.717, 1.165) is 67.0 Å². The van der Waals surface area contributed by atoms with Gasteiger partial charge in [-0.25, -0.2) is 20.0 Å². The van der Waals surface area contributed by atoms with E-state index in [9.17, 15) is 0 Å². The molecule has 0 fully saturated rings. The van der Waals surface area contributed by atoms with Crippen molar-refractivity contribution in [2.24, 2.45) is 9.98 Å². The Morgan fingerprint density at radius 1 is 0.531 bits per heavy atom. The van der Waals surface area contributed by atoms with E-state index in [4.69, 9.17) is 9.97 Å². The van der Waals surface area contributed by atoms with Gasteiger partial charge in [-0.15, -0.1) is 0 Å². The summed E-state index contributed by atoms with van der Waals surface area (Å²) in [5.41, 5.74) is 12.1. The third-order valence-corrected chi connectivity index (χ3v) is 8.24. The molecule has 0 radical (unpaired) electrons. The van der Waals surface area contributed by atoms with Gasteiger partial charge in [0.15, 0.2) is 11.7 Å². The van der Waals surface area contributed by atoms with E-state index in [1.54, 1.807) is 12.4 Å². The minimum Gasteiger partial charge on any atom is -0.264 e. The normalized spacial score (nSPS) is 11.5. The lowest BCUT2D eigenvalue weighted by Gasteiger charge is -2.13. The van der Waals surface area contributed by atoms with Crippen LogP contribution in [0.5, 0.6) is 0 Å². The smallest absolute Gasteiger partial charge is 0.160 e. The molecule has 0 saturated carbocycles. The topological polar surface area (TPSA) is 63.4 Å². The molecule has 0 N–H and O–H groups in total. The van der Waals surface area contributed by atoms with Crippen LogP contribution in [0.4, 0.5) is 0 Å². The maximum atomic E-state index is 5.14. The molecule has 0 unspecified atom stereocenters. The van der Waals surface area contributed by atoms with E-state index >= 15 is 0 Å². The molecule has 5 heteroatoms. The Bertz CT molecular complexity index is 2200. The monoisotopic (exact) mass is 631 g/mol. The van der Waals surface area contributed by atoms with Crippen LogP contribution in [0.1, 0.15) is 12.5 Å². The maximum Gasteiger partial charge on any atom is 0.160 e. The number of aliphatic imine (C=N–C) groups is 2. The Labute approximate surface area is 286 Å². The second kappa shape index (κ2) is 14.4. The first-order valence-electron chi connectivity index (χ1n) is 16.1. The molecule has 234 valence electrons. The third kappa shape index (κ3) is 7.07. The molecule has 7 aromatic rings. The van der Waals surface area contributed by atoms with E-state index in [2.05, 4.69) is 113 Å². The fourth-order valence-corrected chi connectivity index (χ4v) is 5.73.